The molecule has 1 aliphatic heterocycles. The second kappa shape index (κ2) is 6.93. The Labute approximate surface area is 145 Å². The van der Waals surface area contributed by atoms with Gasteiger partial charge in [-0.15, -0.1) is 0 Å². The largest absolute Gasteiger partial charge is 0.497 e. The lowest BCUT2D eigenvalue weighted by atomic mass is 10.1. The number of benzene rings is 2. The summed E-state index contributed by atoms with van der Waals surface area (Å²) in [6.45, 7) is 2.43. The van der Waals surface area contributed by atoms with Gasteiger partial charge in [0.05, 0.1) is 7.11 Å². The molecule has 0 N–H and O–H groups in total. The molecular weight excluding hydrogens is 323 g/mol. The maximum absolute atomic E-state index is 13.4. The van der Waals surface area contributed by atoms with Crippen LogP contribution < -0.4 is 9.64 Å². The maximum Gasteiger partial charge on any atom is 0.254 e. The fraction of sp³-hybridized carbons (Fsp3) is 0.263. The monoisotopic (exact) mass is 342 g/mol. The number of anilines is 1. The second-order valence-corrected chi connectivity index (χ2v) is 5.88. The van der Waals surface area contributed by atoms with Gasteiger partial charge in [-0.05, 0) is 37.3 Å². The van der Waals surface area contributed by atoms with Gasteiger partial charge in [0, 0.05) is 30.4 Å². The van der Waals surface area contributed by atoms with Crippen LogP contribution in [-0.4, -0.2) is 43.0 Å². The molecule has 6 heteroatoms. The maximum atomic E-state index is 13.4. The summed E-state index contributed by atoms with van der Waals surface area (Å²) >= 11 is 0. The Kier molecular flexibility index (Phi) is 4.70. The molecular formula is C19H19FN2O3. The average Bonchev–Trinajstić information content (AvgIpc) is 2.63. The molecule has 130 valence electrons. The third kappa shape index (κ3) is 3.33. The minimum Gasteiger partial charge on any atom is -0.497 e. The van der Waals surface area contributed by atoms with Crippen LogP contribution in [0.15, 0.2) is 48.5 Å². The molecule has 1 heterocycles. The van der Waals surface area contributed by atoms with Crippen molar-refractivity contribution in [2.24, 2.45) is 0 Å². The Morgan fingerprint density at radius 2 is 1.92 bits per heavy atom. The van der Waals surface area contributed by atoms with Crippen LogP contribution in [0.1, 0.15) is 17.3 Å². The van der Waals surface area contributed by atoms with E-state index in [1.54, 1.807) is 37.1 Å². The van der Waals surface area contributed by atoms with Crippen molar-refractivity contribution in [2.45, 2.75) is 13.0 Å². The van der Waals surface area contributed by atoms with Gasteiger partial charge in [-0.2, -0.15) is 0 Å². The van der Waals surface area contributed by atoms with E-state index < -0.39 is 11.9 Å². The van der Waals surface area contributed by atoms with E-state index in [-0.39, 0.29) is 17.4 Å². The smallest absolute Gasteiger partial charge is 0.254 e. The van der Waals surface area contributed by atoms with Gasteiger partial charge in [-0.1, -0.05) is 12.1 Å². The summed E-state index contributed by atoms with van der Waals surface area (Å²) in [5.41, 5.74) is 0.975. The zero-order valence-electron chi connectivity index (χ0n) is 14.1. The minimum atomic E-state index is -0.629. The van der Waals surface area contributed by atoms with Gasteiger partial charge in [-0.3, -0.25) is 9.59 Å². The molecule has 3 rings (SSSR count). The van der Waals surface area contributed by atoms with Gasteiger partial charge in [0.2, 0.25) is 5.91 Å². The highest BCUT2D eigenvalue weighted by molar-refractivity contribution is 6.03. The number of carbonyl (C=O) groups is 2. The third-order valence-electron chi connectivity index (χ3n) is 4.35. The van der Waals surface area contributed by atoms with Crippen molar-refractivity contribution in [1.82, 2.24) is 4.90 Å². The van der Waals surface area contributed by atoms with Crippen molar-refractivity contribution in [1.29, 1.82) is 0 Å². The molecule has 0 bridgehead atoms. The molecule has 1 atom stereocenters. The standard InChI is InChI=1S/C19H19FN2O3/c1-13-18(23)22(16-7-4-8-17(12-16)25-2)10-9-21(13)19(24)14-5-3-6-15(20)11-14/h3-8,11-13H,9-10H2,1-2H3. The highest BCUT2D eigenvalue weighted by atomic mass is 19.1. The minimum absolute atomic E-state index is 0.177. The molecule has 1 unspecified atom stereocenters. The van der Waals surface area contributed by atoms with E-state index in [2.05, 4.69) is 0 Å². The Morgan fingerprint density at radius 1 is 1.16 bits per heavy atom. The Hall–Kier alpha value is -2.89. The number of halogens is 1. The van der Waals surface area contributed by atoms with Gasteiger partial charge < -0.3 is 14.5 Å². The number of hydrogen-bond donors (Lipinski definition) is 0. The van der Waals surface area contributed by atoms with Crippen molar-refractivity contribution < 1.29 is 18.7 Å². The Bertz CT molecular complexity index is 809. The predicted molar refractivity (Wildman–Crippen MR) is 92.2 cm³/mol. The summed E-state index contributed by atoms with van der Waals surface area (Å²) in [5, 5.41) is 0. The van der Waals surface area contributed by atoms with E-state index in [0.717, 1.165) is 5.69 Å². The summed E-state index contributed by atoms with van der Waals surface area (Å²) in [6, 6.07) is 12.1. The number of hydrogen-bond acceptors (Lipinski definition) is 3. The first-order valence-corrected chi connectivity index (χ1v) is 8.03. The van der Waals surface area contributed by atoms with Crippen LogP contribution >= 0.6 is 0 Å². The molecule has 1 aliphatic rings. The van der Waals surface area contributed by atoms with Crippen LogP contribution in [0.3, 0.4) is 0 Å². The highest BCUT2D eigenvalue weighted by Crippen LogP contribution is 2.25. The van der Waals surface area contributed by atoms with Gasteiger partial charge in [0.15, 0.2) is 0 Å². The zero-order valence-corrected chi connectivity index (χ0v) is 14.1. The van der Waals surface area contributed by atoms with E-state index in [9.17, 15) is 14.0 Å². The van der Waals surface area contributed by atoms with Crippen molar-refractivity contribution in [3.63, 3.8) is 0 Å². The Morgan fingerprint density at radius 3 is 2.64 bits per heavy atom. The number of amides is 2. The summed E-state index contributed by atoms with van der Waals surface area (Å²) in [6.07, 6.45) is 0. The highest BCUT2D eigenvalue weighted by Gasteiger charge is 2.35. The fourth-order valence-electron chi connectivity index (χ4n) is 2.97. The molecule has 25 heavy (non-hydrogen) atoms. The SMILES string of the molecule is COc1cccc(N2CCN(C(=O)c3cccc(F)c3)C(C)C2=O)c1. The molecule has 5 nitrogen and oxygen atoms in total. The lowest BCUT2D eigenvalue weighted by Gasteiger charge is -2.39. The Balaban J connectivity index is 1.80. The lowest BCUT2D eigenvalue weighted by molar-refractivity contribution is -0.124. The number of rotatable bonds is 3. The van der Waals surface area contributed by atoms with E-state index in [4.69, 9.17) is 4.74 Å². The van der Waals surface area contributed by atoms with Gasteiger partial charge in [-0.25, -0.2) is 4.39 Å². The van der Waals surface area contributed by atoms with Crippen molar-refractivity contribution >= 4 is 17.5 Å². The van der Waals surface area contributed by atoms with E-state index in [1.807, 2.05) is 12.1 Å². The molecule has 0 spiro atoms. The summed E-state index contributed by atoms with van der Waals surface area (Å²) in [4.78, 5) is 28.5. The molecule has 0 saturated carbocycles. The molecule has 0 radical (unpaired) electrons. The van der Waals surface area contributed by atoms with Crippen LogP contribution in [0.5, 0.6) is 5.75 Å². The van der Waals surface area contributed by atoms with Crippen molar-refractivity contribution in [3.05, 3.63) is 59.9 Å². The van der Waals surface area contributed by atoms with E-state index in [0.29, 0.717) is 18.8 Å². The summed E-state index contributed by atoms with van der Waals surface area (Å²) in [7, 11) is 1.57. The molecule has 2 amide bonds. The zero-order chi connectivity index (χ0) is 18.0. The summed E-state index contributed by atoms with van der Waals surface area (Å²) in [5.74, 6) is -0.328. The quantitative estimate of drug-likeness (QED) is 0.862. The van der Waals surface area contributed by atoms with Crippen molar-refractivity contribution in [2.75, 3.05) is 25.1 Å². The lowest BCUT2D eigenvalue weighted by Crippen LogP contribution is -2.57. The third-order valence-corrected chi connectivity index (χ3v) is 4.35. The van der Waals surface area contributed by atoms with Gasteiger partial charge in [0.25, 0.3) is 5.91 Å². The van der Waals surface area contributed by atoms with Gasteiger partial charge in [0.1, 0.15) is 17.6 Å². The molecule has 2 aromatic carbocycles. The fourth-order valence-corrected chi connectivity index (χ4v) is 2.97. The first kappa shape index (κ1) is 17.0. The topological polar surface area (TPSA) is 49.9 Å². The average molecular weight is 342 g/mol. The number of ether oxygens (including phenoxy) is 1. The number of nitrogens with zero attached hydrogens (tertiary/aromatic N) is 2. The molecule has 0 aliphatic carbocycles. The second-order valence-electron chi connectivity index (χ2n) is 5.88. The van der Waals surface area contributed by atoms with E-state index >= 15 is 0 Å². The van der Waals surface area contributed by atoms with Crippen LogP contribution in [0.2, 0.25) is 0 Å². The molecule has 1 fully saturated rings. The molecule has 2 aromatic rings. The van der Waals surface area contributed by atoms with Crippen LogP contribution in [0.25, 0.3) is 0 Å². The predicted octanol–water partition coefficient (Wildman–Crippen LogP) is 2.71. The van der Waals surface area contributed by atoms with Crippen LogP contribution in [-0.2, 0) is 4.79 Å². The summed E-state index contributed by atoms with van der Waals surface area (Å²) < 4.78 is 18.6. The number of methoxy groups -OCH3 is 1. The first-order chi connectivity index (χ1) is 12.0. The number of piperazine rings is 1. The van der Waals surface area contributed by atoms with Crippen molar-refractivity contribution in [3.8, 4) is 5.75 Å². The first-order valence-electron chi connectivity index (χ1n) is 8.03. The number of carbonyl (C=O) groups excluding carboxylic acids is 2. The van der Waals surface area contributed by atoms with Gasteiger partial charge >= 0.3 is 0 Å². The van der Waals surface area contributed by atoms with Crippen LogP contribution in [0.4, 0.5) is 10.1 Å². The van der Waals surface area contributed by atoms with E-state index in [1.165, 1.54) is 23.1 Å². The normalized spacial score (nSPS) is 17.6. The molecule has 0 aromatic heterocycles. The van der Waals surface area contributed by atoms with Crippen LogP contribution in [0, 0.1) is 5.82 Å². The molecule has 1 saturated heterocycles.